The molecule has 0 spiro atoms. The van der Waals surface area contributed by atoms with E-state index in [1.807, 2.05) is 31.9 Å². The Bertz CT molecular complexity index is 596. The van der Waals surface area contributed by atoms with Crippen molar-refractivity contribution in [3.8, 4) is 0 Å². The molecule has 2 aromatic rings. The Labute approximate surface area is 118 Å². The first-order valence-electron chi connectivity index (χ1n) is 6.55. The summed E-state index contributed by atoms with van der Waals surface area (Å²) in [6.07, 6.45) is 0. The first-order valence-corrected chi connectivity index (χ1v) is 6.55. The molecule has 3 nitrogen and oxygen atoms in total. The monoisotopic (exact) mass is 274 g/mol. The molecule has 0 aliphatic heterocycles. The second kappa shape index (κ2) is 6.01. The second-order valence-corrected chi connectivity index (χ2v) is 5.02. The van der Waals surface area contributed by atoms with E-state index >= 15 is 0 Å². The Hall–Kier alpha value is -1.94. The second-order valence-electron chi connectivity index (χ2n) is 5.02. The van der Waals surface area contributed by atoms with Gasteiger partial charge in [0.15, 0.2) is 0 Å². The van der Waals surface area contributed by atoms with Crippen molar-refractivity contribution in [1.82, 2.24) is 4.98 Å². The summed E-state index contributed by atoms with van der Waals surface area (Å²) in [6, 6.07) is 8.37. The van der Waals surface area contributed by atoms with Crippen LogP contribution in [0.4, 0.5) is 10.2 Å². The quantitative estimate of drug-likeness (QED) is 0.931. The van der Waals surface area contributed by atoms with Gasteiger partial charge in [0, 0.05) is 24.8 Å². The summed E-state index contributed by atoms with van der Waals surface area (Å²) in [6.45, 7) is 4.48. The number of halogens is 1. The lowest BCUT2D eigenvalue weighted by Gasteiger charge is -2.22. The van der Waals surface area contributed by atoms with Crippen LogP contribution in [0.15, 0.2) is 30.3 Å². The van der Waals surface area contributed by atoms with Crippen LogP contribution in [0.2, 0.25) is 0 Å². The van der Waals surface area contributed by atoms with Crippen molar-refractivity contribution in [2.45, 2.75) is 27.0 Å². The molecule has 0 fully saturated rings. The van der Waals surface area contributed by atoms with E-state index in [1.54, 1.807) is 12.1 Å². The Balaban J connectivity index is 2.28. The summed E-state index contributed by atoms with van der Waals surface area (Å²) in [4.78, 5) is 6.48. The highest BCUT2D eigenvalue weighted by molar-refractivity contribution is 5.51. The van der Waals surface area contributed by atoms with E-state index in [0.29, 0.717) is 6.54 Å². The largest absolute Gasteiger partial charge is 0.392 e. The fraction of sp³-hybridized carbons (Fsp3) is 0.312. The lowest BCUT2D eigenvalue weighted by atomic mass is 10.1. The van der Waals surface area contributed by atoms with Gasteiger partial charge in [-0.1, -0.05) is 12.1 Å². The normalized spacial score (nSPS) is 10.7. The lowest BCUT2D eigenvalue weighted by molar-refractivity contribution is 0.281. The van der Waals surface area contributed by atoms with Crippen LogP contribution in [-0.4, -0.2) is 17.1 Å². The number of anilines is 1. The summed E-state index contributed by atoms with van der Waals surface area (Å²) in [7, 11) is 1.92. The minimum atomic E-state index is -0.239. The van der Waals surface area contributed by atoms with Gasteiger partial charge >= 0.3 is 0 Å². The SMILES string of the molecule is Cc1cc(C)c(CO)c(N(C)Cc2ccc(F)cc2)n1. The third-order valence-corrected chi connectivity index (χ3v) is 3.31. The van der Waals surface area contributed by atoms with E-state index < -0.39 is 0 Å². The standard InChI is InChI=1S/C16H19FN2O/c1-11-8-12(2)18-16(15(11)10-20)19(3)9-13-4-6-14(17)7-5-13/h4-8,20H,9-10H2,1-3H3. The zero-order valence-corrected chi connectivity index (χ0v) is 12.0. The fourth-order valence-corrected chi connectivity index (χ4v) is 2.29. The van der Waals surface area contributed by atoms with Crippen LogP contribution in [0.25, 0.3) is 0 Å². The molecule has 0 bridgehead atoms. The van der Waals surface area contributed by atoms with Gasteiger partial charge in [0.05, 0.1) is 6.61 Å². The van der Waals surface area contributed by atoms with E-state index in [-0.39, 0.29) is 12.4 Å². The van der Waals surface area contributed by atoms with Crippen molar-refractivity contribution in [3.05, 3.63) is 58.5 Å². The average molecular weight is 274 g/mol. The third kappa shape index (κ3) is 3.14. The molecule has 0 unspecified atom stereocenters. The number of pyridine rings is 1. The molecular formula is C16H19FN2O. The van der Waals surface area contributed by atoms with Crippen molar-refractivity contribution < 1.29 is 9.50 Å². The predicted molar refractivity (Wildman–Crippen MR) is 78.1 cm³/mol. The molecule has 20 heavy (non-hydrogen) atoms. The summed E-state index contributed by atoms with van der Waals surface area (Å²) in [5.74, 6) is 0.534. The predicted octanol–water partition coefficient (Wildman–Crippen LogP) is 2.97. The minimum Gasteiger partial charge on any atom is -0.392 e. The molecule has 106 valence electrons. The maximum Gasteiger partial charge on any atom is 0.134 e. The zero-order chi connectivity index (χ0) is 14.7. The molecule has 0 amide bonds. The number of rotatable bonds is 4. The van der Waals surface area contributed by atoms with Gasteiger partial charge in [-0.3, -0.25) is 0 Å². The highest BCUT2D eigenvalue weighted by atomic mass is 19.1. The van der Waals surface area contributed by atoms with E-state index in [1.165, 1.54) is 12.1 Å². The van der Waals surface area contributed by atoms with Gasteiger partial charge in [0.25, 0.3) is 0 Å². The summed E-state index contributed by atoms with van der Waals surface area (Å²) in [5.41, 5.74) is 3.78. The van der Waals surface area contributed by atoms with Crippen LogP contribution >= 0.6 is 0 Å². The zero-order valence-electron chi connectivity index (χ0n) is 12.0. The van der Waals surface area contributed by atoms with Crippen LogP contribution in [0.5, 0.6) is 0 Å². The van der Waals surface area contributed by atoms with Crippen LogP contribution in [0.1, 0.15) is 22.4 Å². The molecule has 0 saturated heterocycles. The van der Waals surface area contributed by atoms with Crippen molar-refractivity contribution in [2.24, 2.45) is 0 Å². The number of hydrogen-bond donors (Lipinski definition) is 1. The Kier molecular flexibility index (Phi) is 4.35. The highest BCUT2D eigenvalue weighted by Gasteiger charge is 2.12. The van der Waals surface area contributed by atoms with Crippen LogP contribution in [0, 0.1) is 19.7 Å². The number of nitrogens with zero attached hydrogens (tertiary/aromatic N) is 2. The van der Waals surface area contributed by atoms with Crippen molar-refractivity contribution in [1.29, 1.82) is 0 Å². The first-order chi connectivity index (χ1) is 9.51. The molecule has 0 aliphatic rings. The molecule has 0 radical (unpaired) electrons. The Morgan fingerprint density at radius 2 is 1.85 bits per heavy atom. The van der Waals surface area contributed by atoms with E-state index in [9.17, 15) is 9.50 Å². The van der Waals surface area contributed by atoms with Crippen LogP contribution in [-0.2, 0) is 13.2 Å². The van der Waals surface area contributed by atoms with Gasteiger partial charge in [0.2, 0.25) is 0 Å². The molecule has 1 aromatic heterocycles. The van der Waals surface area contributed by atoms with Gasteiger partial charge in [-0.2, -0.15) is 0 Å². The average Bonchev–Trinajstić information content (AvgIpc) is 2.40. The maximum atomic E-state index is 12.9. The number of aliphatic hydroxyl groups is 1. The molecule has 0 aliphatic carbocycles. The van der Waals surface area contributed by atoms with Crippen molar-refractivity contribution in [3.63, 3.8) is 0 Å². The van der Waals surface area contributed by atoms with Crippen LogP contribution in [0.3, 0.4) is 0 Å². The van der Waals surface area contributed by atoms with Gasteiger partial charge in [-0.25, -0.2) is 9.37 Å². The molecule has 4 heteroatoms. The van der Waals surface area contributed by atoms with Crippen molar-refractivity contribution in [2.75, 3.05) is 11.9 Å². The Morgan fingerprint density at radius 3 is 2.45 bits per heavy atom. The Morgan fingerprint density at radius 1 is 1.20 bits per heavy atom. The summed E-state index contributed by atoms with van der Waals surface area (Å²) >= 11 is 0. The number of aryl methyl sites for hydroxylation is 2. The molecule has 2 rings (SSSR count). The highest BCUT2D eigenvalue weighted by Crippen LogP contribution is 2.23. The lowest BCUT2D eigenvalue weighted by Crippen LogP contribution is -2.20. The molecule has 0 atom stereocenters. The van der Waals surface area contributed by atoms with E-state index in [0.717, 1.165) is 28.2 Å². The molecule has 1 N–H and O–H groups in total. The van der Waals surface area contributed by atoms with Gasteiger partial charge in [-0.05, 0) is 43.2 Å². The number of aliphatic hydroxyl groups excluding tert-OH is 1. The minimum absolute atomic E-state index is 0.0395. The summed E-state index contributed by atoms with van der Waals surface area (Å²) < 4.78 is 12.9. The van der Waals surface area contributed by atoms with Crippen LogP contribution < -0.4 is 4.90 Å². The van der Waals surface area contributed by atoms with Gasteiger partial charge in [-0.15, -0.1) is 0 Å². The van der Waals surface area contributed by atoms with Crippen molar-refractivity contribution >= 4 is 5.82 Å². The van der Waals surface area contributed by atoms with Gasteiger partial charge in [0.1, 0.15) is 11.6 Å². The van der Waals surface area contributed by atoms with E-state index in [4.69, 9.17) is 0 Å². The smallest absolute Gasteiger partial charge is 0.134 e. The molecule has 1 aromatic carbocycles. The fourth-order valence-electron chi connectivity index (χ4n) is 2.29. The third-order valence-electron chi connectivity index (χ3n) is 3.31. The topological polar surface area (TPSA) is 36.4 Å². The number of benzene rings is 1. The molecule has 1 heterocycles. The first kappa shape index (κ1) is 14.5. The van der Waals surface area contributed by atoms with Gasteiger partial charge < -0.3 is 10.0 Å². The number of hydrogen-bond acceptors (Lipinski definition) is 3. The molecule has 0 saturated carbocycles. The maximum absolute atomic E-state index is 12.9. The summed E-state index contributed by atoms with van der Waals surface area (Å²) in [5, 5.41) is 9.53. The van der Waals surface area contributed by atoms with E-state index in [2.05, 4.69) is 4.98 Å². The molecular weight excluding hydrogens is 255 g/mol. The number of aromatic nitrogens is 1.